The van der Waals surface area contributed by atoms with E-state index in [1.165, 1.54) is 0 Å². The first-order valence-electron chi connectivity index (χ1n) is 7.55. The molecule has 0 bridgehead atoms. The van der Waals surface area contributed by atoms with Gasteiger partial charge in [-0.2, -0.15) is 0 Å². The van der Waals surface area contributed by atoms with E-state index in [1.54, 1.807) is 26.1 Å². The average Bonchev–Trinajstić information content (AvgIpc) is 2.54. The molecule has 1 aromatic carbocycles. The van der Waals surface area contributed by atoms with Crippen LogP contribution in [-0.4, -0.2) is 75.0 Å². The number of methoxy groups -OCH3 is 1. The van der Waals surface area contributed by atoms with Gasteiger partial charge < -0.3 is 20.3 Å². The maximum absolute atomic E-state index is 12.5. The van der Waals surface area contributed by atoms with Gasteiger partial charge in [0.1, 0.15) is 11.8 Å². The molecule has 2 rings (SSSR count). The summed E-state index contributed by atoms with van der Waals surface area (Å²) >= 11 is 0. The molecule has 1 fully saturated rings. The predicted molar refractivity (Wildman–Crippen MR) is 88.5 cm³/mol. The predicted octanol–water partition coefficient (Wildman–Crippen LogP) is -0.241. The molecule has 1 aliphatic heterocycles. The molecule has 2 N–H and O–H groups in total. The summed E-state index contributed by atoms with van der Waals surface area (Å²) in [6.07, 6.45) is 0. The molecule has 1 aromatic rings. The highest BCUT2D eigenvalue weighted by atomic mass is 16.5. The van der Waals surface area contributed by atoms with E-state index in [0.29, 0.717) is 13.1 Å². The fourth-order valence-corrected chi connectivity index (χ4v) is 2.77. The van der Waals surface area contributed by atoms with E-state index in [2.05, 4.69) is 4.90 Å². The van der Waals surface area contributed by atoms with Crippen LogP contribution in [0.1, 0.15) is 0 Å². The van der Waals surface area contributed by atoms with Crippen molar-refractivity contribution in [1.29, 1.82) is 0 Å². The standard InChI is InChI=1S/C16H24N4O3/c1-18(2)16(22)14-10-19(8-9-20(14)11-15(17)21)12-4-6-13(23-3)7-5-12/h4-7,14H,8-11H2,1-3H3,(H2,17,21)/t14-/m0/s1. The monoisotopic (exact) mass is 320 g/mol. The van der Waals surface area contributed by atoms with Gasteiger partial charge in [-0.3, -0.25) is 14.5 Å². The zero-order chi connectivity index (χ0) is 17.0. The first kappa shape index (κ1) is 17.1. The summed E-state index contributed by atoms with van der Waals surface area (Å²) in [7, 11) is 5.07. The van der Waals surface area contributed by atoms with Crippen LogP contribution in [0.3, 0.4) is 0 Å². The fraction of sp³-hybridized carbons (Fsp3) is 0.500. The summed E-state index contributed by atoms with van der Waals surface area (Å²) in [6.45, 7) is 1.97. The van der Waals surface area contributed by atoms with Crippen molar-refractivity contribution in [2.45, 2.75) is 6.04 Å². The normalized spacial score (nSPS) is 18.6. The number of piperazine rings is 1. The Hall–Kier alpha value is -2.28. The van der Waals surface area contributed by atoms with Crippen LogP contribution in [0.2, 0.25) is 0 Å². The Morgan fingerprint density at radius 2 is 1.91 bits per heavy atom. The zero-order valence-electron chi connectivity index (χ0n) is 13.9. The number of carbonyl (C=O) groups excluding carboxylic acids is 2. The lowest BCUT2D eigenvalue weighted by atomic mass is 10.1. The minimum Gasteiger partial charge on any atom is -0.497 e. The third kappa shape index (κ3) is 4.13. The molecule has 23 heavy (non-hydrogen) atoms. The summed E-state index contributed by atoms with van der Waals surface area (Å²) in [5.41, 5.74) is 6.34. The summed E-state index contributed by atoms with van der Waals surface area (Å²) < 4.78 is 5.17. The second-order valence-corrected chi connectivity index (χ2v) is 5.83. The minimum atomic E-state index is -0.417. The van der Waals surface area contributed by atoms with Crippen LogP contribution in [0.4, 0.5) is 5.69 Å². The van der Waals surface area contributed by atoms with Gasteiger partial charge >= 0.3 is 0 Å². The highest BCUT2D eigenvalue weighted by molar-refractivity contribution is 5.84. The molecule has 1 aliphatic rings. The number of rotatable bonds is 5. The number of primary amides is 1. The number of nitrogens with two attached hydrogens (primary N) is 1. The van der Waals surface area contributed by atoms with Crippen molar-refractivity contribution in [1.82, 2.24) is 9.80 Å². The van der Waals surface area contributed by atoms with Crippen molar-refractivity contribution in [3.63, 3.8) is 0 Å². The molecular formula is C16H24N4O3. The maximum atomic E-state index is 12.5. The van der Waals surface area contributed by atoms with E-state index in [0.717, 1.165) is 18.0 Å². The average molecular weight is 320 g/mol. The first-order valence-corrected chi connectivity index (χ1v) is 7.55. The number of hydrogen-bond donors (Lipinski definition) is 1. The van der Waals surface area contributed by atoms with Gasteiger partial charge in [0.05, 0.1) is 13.7 Å². The number of nitrogens with zero attached hydrogens (tertiary/aromatic N) is 3. The Labute approximate surface area is 136 Å². The lowest BCUT2D eigenvalue weighted by Crippen LogP contribution is -2.60. The smallest absolute Gasteiger partial charge is 0.241 e. The number of benzene rings is 1. The van der Waals surface area contributed by atoms with E-state index < -0.39 is 5.91 Å². The first-order chi connectivity index (χ1) is 10.9. The highest BCUT2D eigenvalue weighted by Crippen LogP contribution is 2.22. The number of amides is 2. The van der Waals surface area contributed by atoms with E-state index in [9.17, 15) is 9.59 Å². The van der Waals surface area contributed by atoms with Gasteiger partial charge in [0, 0.05) is 39.4 Å². The molecule has 1 atom stereocenters. The molecule has 0 unspecified atom stereocenters. The van der Waals surface area contributed by atoms with Crippen LogP contribution in [0.15, 0.2) is 24.3 Å². The van der Waals surface area contributed by atoms with E-state index in [4.69, 9.17) is 10.5 Å². The number of hydrogen-bond acceptors (Lipinski definition) is 5. The maximum Gasteiger partial charge on any atom is 0.241 e. The van der Waals surface area contributed by atoms with Crippen LogP contribution >= 0.6 is 0 Å². The second kappa shape index (κ2) is 7.32. The van der Waals surface area contributed by atoms with Crippen molar-refractivity contribution in [2.75, 3.05) is 52.3 Å². The van der Waals surface area contributed by atoms with Crippen LogP contribution in [0, 0.1) is 0 Å². The third-order valence-electron chi connectivity index (χ3n) is 4.01. The Kier molecular flexibility index (Phi) is 5.44. The SMILES string of the molecule is COc1ccc(N2CCN(CC(N)=O)[C@H](C(=O)N(C)C)C2)cc1. The Bertz CT molecular complexity index is 559. The number of carbonyl (C=O) groups is 2. The Balaban J connectivity index is 2.16. The van der Waals surface area contributed by atoms with Crippen LogP contribution < -0.4 is 15.4 Å². The lowest BCUT2D eigenvalue weighted by molar-refractivity contribution is -0.135. The van der Waals surface area contributed by atoms with Gasteiger partial charge in [-0.15, -0.1) is 0 Å². The van der Waals surface area contributed by atoms with Gasteiger partial charge in [0.25, 0.3) is 0 Å². The lowest BCUT2D eigenvalue weighted by Gasteiger charge is -2.41. The molecule has 2 amide bonds. The summed E-state index contributed by atoms with van der Waals surface area (Å²) in [5, 5.41) is 0. The molecular weight excluding hydrogens is 296 g/mol. The van der Waals surface area contributed by atoms with E-state index in [1.807, 2.05) is 29.2 Å². The molecule has 0 aromatic heterocycles. The molecule has 0 aliphatic carbocycles. The summed E-state index contributed by atoms with van der Waals surface area (Å²) in [5.74, 6) is 0.353. The Morgan fingerprint density at radius 1 is 1.26 bits per heavy atom. The molecule has 0 spiro atoms. The number of likely N-dealkylation sites (N-methyl/N-ethyl adjacent to an activating group) is 1. The largest absolute Gasteiger partial charge is 0.497 e. The van der Waals surface area contributed by atoms with Crippen molar-refractivity contribution >= 4 is 17.5 Å². The van der Waals surface area contributed by atoms with Crippen molar-refractivity contribution in [2.24, 2.45) is 5.73 Å². The third-order valence-corrected chi connectivity index (χ3v) is 4.01. The van der Waals surface area contributed by atoms with Gasteiger partial charge in [-0.25, -0.2) is 0 Å². The molecule has 1 heterocycles. The second-order valence-electron chi connectivity index (χ2n) is 5.83. The van der Waals surface area contributed by atoms with Crippen LogP contribution in [-0.2, 0) is 9.59 Å². The molecule has 126 valence electrons. The zero-order valence-corrected chi connectivity index (χ0v) is 13.9. The molecule has 1 saturated heterocycles. The van der Waals surface area contributed by atoms with Gasteiger partial charge in [-0.05, 0) is 24.3 Å². The van der Waals surface area contributed by atoms with Crippen LogP contribution in [0.25, 0.3) is 0 Å². The number of ether oxygens (including phenoxy) is 1. The fourth-order valence-electron chi connectivity index (χ4n) is 2.77. The Morgan fingerprint density at radius 3 is 2.43 bits per heavy atom. The molecule has 0 saturated carbocycles. The summed E-state index contributed by atoms with van der Waals surface area (Å²) in [6, 6.07) is 7.36. The van der Waals surface area contributed by atoms with Gasteiger partial charge in [-0.1, -0.05) is 0 Å². The van der Waals surface area contributed by atoms with Crippen LogP contribution in [0.5, 0.6) is 5.75 Å². The van der Waals surface area contributed by atoms with E-state index >= 15 is 0 Å². The highest BCUT2D eigenvalue weighted by Gasteiger charge is 2.34. The minimum absolute atomic E-state index is 0.0236. The summed E-state index contributed by atoms with van der Waals surface area (Å²) in [4.78, 5) is 29.3. The van der Waals surface area contributed by atoms with Crippen molar-refractivity contribution < 1.29 is 14.3 Å². The van der Waals surface area contributed by atoms with Gasteiger partial charge in [0.15, 0.2) is 0 Å². The topological polar surface area (TPSA) is 79.1 Å². The molecule has 0 radical (unpaired) electrons. The van der Waals surface area contributed by atoms with E-state index in [-0.39, 0.29) is 18.5 Å². The molecule has 7 heteroatoms. The van der Waals surface area contributed by atoms with Crippen molar-refractivity contribution in [3.05, 3.63) is 24.3 Å². The number of anilines is 1. The molecule has 7 nitrogen and oxygen atoms in total. The quantitative estimate of drug-likeness (QED) is 0.810. The van der Waals surface area contributed by atoms with Crippen molar-refractivity contribution in [3.8, 4) is 5.75 Å². The van der Waals surface area contributed by atoms with Gasteiger partial charge in [0.2, 0.25) is 11.8 Å².